The number of hydrogen-bond acceptors (Lipinski definition) is 11. The first-order valence-electron chi connectivity index (χ1n) is 16.6. The van der Waals surface area contributed by atoms with Gasteiger partial charge in [0.15, 0.2) is 11.9 Å². The first-order valence-corrected chi connectivity index (χ1v) is 18.3. The van der Waals surface area contributed by atoms with Crippen LogP contribution < -0.4 is 9.26 Å². The minimum absolute atomic E-state index is 0.0116. The summed E-state index contributed by atoms with van der Waals surface area (Å²) in [6.45, 7) is 5.22. The number of nitrogens with zero attached hydrogens (tertiary/aromatic N) is 4. The molecule has 1 N–H and O–H groups in total. The molecule has 2 unspecified atom stereocenters. The van der Waals surface area contributed by atoms with Crippen molar-refractivity contribution in [1.29, 1.82) is 0 Å². The molecule has 0 bridgehead atoms. The van der Waals surface area contributed by atoms with Gasteiger partial charge in [0.2, 0.25) is 0 Å². The number of phenolic OH excluding ortho intramolecular Hbond substituents is 1. The van der Waals surface area contributed by atoms with Crippen molar-refractivity contribution in [2.24, 2.45) is 0 Å². The van der Waals surface area contributed by atoms with Crippen LogP contribution in [0.5, 0.6) is 17.2 Å². The van der Waals surface area contributed by atoms with Crippen LogP contribution in [0.4, 0.5) is 9.18 Å². The highest BCUT2D eigenvalue weighted by molar-refractivity contribution is 7.54. The van der Waals surface area contributed by atoms with E-state index in [4.69, 9.17) is 18.5 Å². The molecule has 0 aliphatic carbocycles. The van der Waals surface area contributed by atoms with E-state index in [-0.39, 0.29) is 61.5 Å². The summed E-state index contributed by atoms with van der Waals surface area (Å²) in [7, 11) is -3.81. The molecule has 1 aromatic heterocycles. The first kappa shape index (κ1) is 35.8. The summed E-state index contributed by atoms with van der Waals surface area (Å²) in [5, 5.41) is 11.5. The predicted molar refractivity (Wildman–Crippen MR) is 184 cm³/mol. The van der Waals surface area contributed by atoms with Gasteiger partial charge in [-0.15, -0.1) is 0 Å². The average molecular weight is 721 g/mol. The van der Waals surface area contributed by atoms with Crippen molar-refractivity contribution < 1.29 is 47.0 Å². The van der Waals surface area contributed by atoms with E-state index in [9.17, 15) is 28.4 Å². The van der Waals surface area contributed by atoms with E-state index in [1.165, 1.54) is 35.1 Å². The summed E-state index contributed by atoms with van der Waals surface area (Å²) in [6, 6.07) is 17.7. The molecule has 51 heavy (non-hydrogen) atoms. The predicted octanol–water partition coefficient (Wildman–Crippen LogP) is 5.59. The van der Waals surface area contributed by atoms with Crippen molar-refractivity contribution in [2.75, 3.05) is 45.5 Å². The zero-order valence-corrected chi connectivity index (χ0v) is 29.1. The quantitative estimate of drug-likeness (QED) is 0.144. The molecule has 2 atom stereocenters. The van der Waals surface area contributed by atoms with E-state index >= 15 is 0 Å². The van der Waals surface area contributed by atoms with Gasteiger partial charge in [-0.1, -0.05) is 30.3 Å². The number of phenols is 1. The standard InChI is InChI=1S/C36H38FN4O9P/c1-3-47-35(44)24(2)49-51(46,50-27-8-5-4-6-9-27)21-20-39-16-18-40(19-17-39)36(45)48-33-28-10-7-15-38-31(28)32(42)30-29(33)23-41(34(30)43)22-25-11-13-26(37)14-12-25/h4-15,24,42H,3,16-23H2,1-2H3. The Hall–Kier alpha value is -5.04. The lowest BCUT2D eigenvalue weighted by atomic mass is 10.0. The highest BCUT2D eigenvalue weighted by atomic mass is 31.2. The van der Waals surface area contributed by atoms with Gasteiger partial charge in [-0.2, -0.15) is 0 Å². The summed E-state index contributed by atoms with van der Waals surface area (Å²) < 4.78 is 49.9. The molecule has 1 saturated heterocycles. The number of hydrogen-bond donors (Lipinski definition) is 1. The van der Waals surface area contributed by atoms with Crippen LogP contribution in [0.15, 0.2) is 72.9 Å². The zero-order chi connectivity index (χ0) is 36.1. The number of carbonyl (C=O) groups is 3. The van der Waals surface area contributed by atoms with Crippen molar-refractivity contribution in [3.8, 4) is 17.2 Å². The van der Waals surface area contributed by atoms with Crippen LogP contribution in [0, 0.1) is 5.82 Å². The Balaban J connectivity index is 1.12. The molecule has 0 saturated carbocycles. The third-order valence-corrected chi connectivity index (χ3v) is 10.5. The molecule has 13 nitrogen and oxygen atoms in total. The van der Waals surface area contributed by atoms with E-state index in [1.807, 2.05) is 4.90 Å². The van der Waals surface area contributed by atoms with Gasteiger partial charge in [0, 0.05) is 56.4 Å². The van der Waals surface area contributed by atoms with Gasteiger partial charge in [-0.3, -0.25) is 19.2 Å². The van der Waals surface area contributed by atoms with Gasteiger partial charge >= 0.3 is 19.7 Å². The number of esters is 1. The van der Waals surface area contributed by atoms with Crippen LogP contribution in [-0.2, 0) is 31.7 Å². The second kappa shape index (κ2) is 15.5. The van der Waals surface area contributed by atoms with Crippen molar-refractivity contribution in [3.05, 3.63) is 95.4 Å². The molecule has 2 amide bonds. The summed E-state index contributed by atoms with van der Waals surface area (Å²) in [5.74, 6) is -1.32. The number of halogens is 1. The molecule has 6 rings (SSSR count). The number of aromatic nitrogens is 1. The lowest BCUT2D eigenvalue weighted by Gasteiger charge is -2.34. The van der Waals surface area contributed by atoms with Crippen LogP contribution in [0.2, 0.25) is 0 Å². The van der Waals surface area contributed by atoms with Crippen molar-refractivity contribution in [1.82, 2.24) is 19.7 Å². The number of aromatic hydroxyl groups is 1. The molecule has 2 aliphatic rings. The second-order valence-electron chi connectivity index (χ2n) is 12.2. The Morgan fingerprint density at radius 3 is 2.45 bits per heavy atom. The molecular weight excluding hydrogens is 682 g/mol. The van der Waals surface area contributed by atoms with Gasteiger partial charge < -0.3 is 28.9 Å². The highest BCUT2D eigenvalue weighted by Crippen LogP contribution is 2.49. The van der Waals surface area contributed by atoms with Crippen molar-refractivity contribution >= 4 is 36.5 Å². The third kappa shape index (κ3) is 8.14. The maximum Gasteiger partial charge on any atom is 0.415 e. The van der Waals surface area contributed by atoms with Crippen LogP contribution in [0.25, 0.3) is 10.9 Å². The van der Waals surface area contributed by atoms with Crippen LogP contribution >= 0.6 is 7.60 Å². The fourth-order valence-corrected chi connectivity index (χ4v) is 7.82. The average Bonchev–Trinajstić information content (AvgIpc) is 3.46. The molecule has 268 valence electrons. The highest BCUT2D eigenvalue weighted by Gasteiger charge is 2.38. The lowest BCUT2D eigenvalue weighted by Crippen LogP contribution is -2.50. The molecule has 0 radical (unpaired) electrons. The van der Waals surface area contributed by atoms with Gasteiger partial charge in [0.1, 0.15) is 22.8 Å². The fraction of sp³-hybridized carbons (Fsp3) is 0.333. The monoisotopic (exact) mass is 720 g/mol. The molecule has 3 aromatic carbocycles. The molecule has 2 aliphatic heterocycles. The lowest BCUT2D eigenvalue weighted by molar-refractivity contribution is -0.150. The van der Waals surface area contributed by atoms with E-state index in [1.54, 1.807) is 61.5 Å². The number of benzene rings is 3. The number of rotatable bonds is 12. The number of piperazine rings is 1. The van der Waals surface area contributed by atoms with Crippen LogP contribution in [-0.4, -0.2) is 94.4 Å². The summed E-state index contributed by atoms with van der Waals surface area (Å²) >= 11 is 0. The smallest absolute Gasteiger partial charge is 0.415 e. The van der Waals surface area contributed by atoms with Gasteiger partial charge in [-0.05, 0) is 55.8 Å². The number of pyridine rings is 1. The minimum atomic E-state index is -3.81. The maximum absolute atomic E-state index is 13.9. The van der Waals surface area contributed by atoms with E-state index in [2.05, 4.69) is 4.98 Å². The molecule has 15 heteroatoms. The number of carbonyl (C=O) groups excluding carboxylic acids is 3. The Kier molecular flexibility index (Phi) is 10.8. The van der Waals surface area contributed by atoms with Crippen molar-refractivity contribution in [3.63, 3.8) is 0 Å². The SMILES string of the molecule is CCOC(=O)C(C)OP(=O)(CCN1CCN(C(=O)Oc2c3c(c(O)c4ncccc24)C(=O)N(Cc2ccc(F)cc2)C3)CC1)Oc1ccccc1. The number of ether oxygens (including phenoxy) is 2. The van der Waals surface area contributed by atoms with Gasteiger partial charge in [0.25, 0.3) is 5.91 Å². The first-order chi connectivity index (χ1) is 24.5. The largest absolute Gasteiger partial charge is 0.505 e. The molecule has 1 fully saturated rings. The van der Waals surface area contributed by atoms with Gasteiger partial charge in [-0.25, -0.2) is 18.5 Å². The fourth-order valence-electron chi connectivity index (χ4n) is 6.05. The number of fused-ring (bicyclic) bond motifs is 2. The van der Waals surface area contributed by atoms with E-state index in [0.717, 1.165) is 0 Å². The van der Waals surface area contributed by atoms with Crippen LogP contribution in [0.3, 0.4) is 0 Å². The van der Waals surface area contributed by atoms with Crippen molar-refractivity contribution in [2.45, 2.75) is 33.0 Å². The summed E-state index contributed by atoms with van der Waals surface area (Å²) in [6.07, 6.45) is -0.288. The Labute approximate surface area is 294 Å². The maximum atomic E-state index is 13.9. The summed E-state index contributed by atoms with van der Waals surface area (Å²) in [4.78, 5) is 48.6. The Bertz CT molecular complexity index is 1960. The molecule has 0 spiro atoms. The zero-order valence-electron chi connectivity index (χ0n) is 28.2. The van der Waals surface area contributed by atoms with Gasteiger partial charge in [0.05, 0.1) is 24.9 Å². The molecule has 3 heterocycles. The second-order valence-corrected chi connectivity index (χ2v) is 14.2. The van der Waals surface area contributed by atoms with E-state index in [0.29, 0.717) is 41.9 Å². The Morgan fingerprint density at radius 1 is 1.02 bits per heavy atom. The topological polar surface area (TPSA) is 148 Å². The third-order valence-electron chi connectivity index (χ3n) is 8.66. The minimum Gasteiger partial charge on any atom is -0.505 e. The number of para-hydroxylation sites is 1. The number of amides is 2. The summed E-state index contributed by atoms with van der Waals surface area (Å²) in [5.41, 5.74) is 1.19. The van der Waals surface area contributed by atoms with Crippen LogP contribution in [0.1, 0.15) is 35.3 Å². The normalized spacial score (nSPS) is 16.4. The van der Waals surface area contributed by atoms with E-state index < -0.39 is 37.5 Å². The molecule has 4 aromatic rings. The Morgan fingerprint density at radius 2 is 1.75 bits per heavy atom. The molecular formula is C36H38FN4O9P.